The number of rotatable bonds is 6. The van der Waals surface area contributed by atoms with Crippen LogP contribution in [0.3, 0.4) is 0 Å². The van der Waals surface area contributed by atoms with Gasteiger partial charge in [-0.25, -0.2) is 4.98 Å². The zero-order chi connectivity index (χ0) is 15.5. The summed E-state index contributed by atoms with van der Waals surface area (Å²) in [5.74, 6) is -0.658. The van der Waals surface area contributed by atoms with Crippen LogP contribution in [0.25, 0.3) is 9.88 Å². The Morgan fingerprint density at radius 1 is 1.45 bits per heavy atom. The Balaban J connectivity index is 1.52. The highest BCUT2D eigenvalue weighted by Gasteiger charge is 2.27. The van der Waals surface area contributed by atoms with Gasteiger partial charge in [-0.2, -0.15) is 0 Å². The van der Waals surface area contributed by atoms with Crippen LogP contribution in [-0.4, -0.2) is 29.0 Å². The Kier molecular flexibility index (Phi) is 4.54. The van der Waals surface area contributed by atoms with Crippen LogP contribution < -0.4 is 5.32 Å². The third kappa shape index (κ3) is 3.92. The molecular weight excluding hydrogens is 320 g/mol. The van der Waals surface area contributed by atoms with Gasteiger partial charge in [0.05, 0.1) is 17.0 Å². The maximum atomic E-state index is 11.9. The Labute approximate surface area is 136 Å². The Morgan fingerprint density at radius 3 is 2.95 bits per heavy atom. The summed E-state index contributed by atoms with van der Waals surface area (Å²) in [4.78, 5) is 29.1. The van der Waals surface area contributed by atoms with E-state index in [1.807, 2.05) is 22.9 Å². The van der Waals surface area contributed by atoms with Gasteiger partial charge in [0.2, 0.25) is 0 Å². The number of amides is 1. The van der Waals surface area contributed by atoms with Gasteiger partial charge >= 0.3 is 5.97 Å². The van der Waals surface area contributed by atoms with E-state index in [2.05, 4.69) is 10.3 Å². The third-order valence-corrected chi connectivity index (χ3v) is 5.14. The summed E-state index contributed by atoms with van der Waals surface area (Å²) in [6, 6.07) is 4.23. The number of hydrogen-bond acceptors (Lipinski definition) is 6. The van der Waals surface area contributed by atoms with Gasteiger partial charge < -0.3 is 10.1 Å². The van der Waals surface area contributed by atoms with Crippen molar-refractivity contribution in [3.63, 3.8) is 0 Å². The smallest absolute Gasteiger partial charge is 0.312 e. The molecule has 1 fully saturated rings. The average Bonchev–Trinajstić information content (AvgIpc) is 2.96. The lowest BCUT2D eigenvalue weighted by molar-refractivity contribution is -0.154. The van der Waals surface area contributed by atoms with Crippen molar-refractivity contribution < 1.29 is 14.3 Å². The lowest BCUT2D eigenvalue weighted by Crippen LogP contribution is -2.37. The number of nitrogens with zero attached hydrogens (tertiary/aromatic N) is 1. The van der Waals surface area contributed by atoms with Crippen molar-refractivity contribution in [3.05, 3.63) is 28.6 Å². The molecule has 0 unspecified atom stereocenters. The van der Waals surface area contributed by atoms with Gasteiger partial charge in [0.25, 0.3) is 5.91 Å². The highest BCUT2D eigenvalue weighted by molar-refractivity contribution is 7.20. The lowest BCUT2D eigenvalue weighted by Gasteiger charge is -2.12. The van der Waals surface area contributed by atoms with Crippen molar-refractivity contribution >= 4 is 34.6 Å². The predicted octanol–water partition coefficient (Wildman–Crippen LogP) is 2.62. The molecule has 1 amide bonds. The average molecular weight is 336 g/mol. The van der Waals surface area contributed by atoms with Crippen LogP contribution in [0.1, 0.15) is 25.5 Å². The van der Waals surface area contributed by atoms with Crippen LogP contribution in [0.2, 0.25) is 0 Å². The molecule has 1 saturated carbocycles. The van der Waals surface area contributed by atoms with Gasteiger partial charge in [0, 0.05) is 11.4 Å². The number of nitrogens with one attached hydrogen (secondary N) is 1. The summed E-state index contributed by atoms with van der Waals surface area (Å²) in [6.45, 7) is 1.59. The van der Waals surface area contributed by atoms with Gasteiger partial charge in [-0.15, -0.1) is 22.7 Å². The van der Waals surface area contributed by atoms with Crippen LogP contribution in [0.15, 0.2) is 22.9 Å². The summed E-state index contributed by atoms with van der Waals surface area (Å²) in [5, 5.41) is 7.56. The fraction of sp³-hybridized carbons (Fsp3) is 0.400. The Bertz CT molecular complexity index is 662. The highest BCUT2D eigenvalue weighted by atomic mass is 32.1. The standard InChI is InChI=1S/C15H16N2O3S2/c1-9(14(19)16-10-4-5-10)20-13(18)7-11-8-22-15(17-11)12-3-2-6-21-12/h2-3,6,8-10H,4-5,7H2,1H3,(H,16,19)/t9-/m1/s1. The van der Waals surface area contributed by atoms with Gasteiger partial charge in [0.15, 0.2) is 6.10 Å². The number of thiophene rings is 1. The van der Waals surface area contributed by atoms with Crippen molar-refractivity contribution in [1.82, 2.24) is 10.3 Å². The fourth-order valence-electron chi connectivity index (χ4n) is 1.89. The Morgan fingerprint density at radius 2 is 2.27 bits per heavy atom. The molecular formula is C15H16N2O3S2. The largest absolute Gasteiger partial charge is 0.452 e. The van der Waals surface area contributed by atoms with Crippen LogP contribution in [0, 0.1) is 0 Å². The maximum absolute atomic E-state index is 11.9. The van der Waals surface area contributed by atoms with Crippen molar-refractivity contribution in [2.24, 2.45) is 0 Å². The molecule has 22 heavy (non-hydrogen) atoms. The summed E-state index contributed by atoms with van der Waals surface area (Å²) in [7, 11) is 0. The second kappa shape index (κ2) is 6.58. The molecule has 0 spiro atoms. The third-order valence-electron chi connectivity index (χ3n) is 3.21. The zero-order valence-corrected chi connectivity index (χ0v) is 13.7. The molecule has 1 aliphatic carbocycles. The monoisotopic (exact) mass is 336 g/mol. The maximum Gasteiger partial charge on any atom is 0.312 e. The molecule has 3 rings (SSSR count). The number of thiazole rings is 1. The van der Waals surface area contributed by atoms with Gasteiger partial charge in [-0.3, -0.25) is 9.59 Å². The SMILES string of the molecule is C[C@@H](OC(=O)Cc1csc(-c2cccs2)n1)C(=O)NC1CC1. The minimum Gasteiger partial charge on any atom is -0.452 e. The predicted molar refractivity (Wildman–Crippen MR) is 85.8 cm³/mol. The Hall–Kier alpha value is -1.73. The highest BCUT2D eigenvalue weighted by Crippen LogP contribution is 2.28. The number of carbonyl (C=O) groups excluding carboxylic acids is 2. The molecule has 116 valence electrons. The molecule has 0 saturated heterocycles. The van der Waals surface area contributed by atoms with Crippen molar-refractivity contribution in [2.45, 2.75) is 38.3 Å². The lowest BCUT2D eigenvalue weighted by atomic mass is 10.3. The number of carbonyl (C=O) groups is 2. The molecule has 0 aliphatic heterocycles. The van der Waals surface area contributed by atoms with E-state index in [9.17, 15) is 9.59 Å². The van der Waals surface area contributed by atoms with Crippen molar-refractivity contribution in [2.75, 3.05) is 0 Å². The van der Waals surface area contributed by atoms with Gasteiger partial charge in [-0.05, 0) is 31.2 Å². The molecule has 2 aromatic heterocycles. The van der Waals surface area contributed by atoms with E-state index in [0.29, 0.717) is 5.69 Å². The van der Waals surface area contributed by atoms with Gasteiger partial charge in [0.1, 0.15) is 5.01 Å². The van der Waals surface area contributed by atoms with E-state index < -0.39 is 12.1 Å². The number of aromatic nitrogens is 1. The quantitative estimate of drug-likeness (QED) is 0.824. The summed E-state index contributed by atoms with van der Waals surface area (Å²) in [5.41, 5.74) is 0.674. The molecule has 5 nitrogen and oxygen atoms in total. The van der Waals surface area contributed by atoms with E-state index in [1.54, 1.807) is 18.3 Å². The molecule has 0 bridgehead atoms. The first kappa shape index (κ1) is 15.2. The molecule has 0 aromatic carbocycles. The molecule has 0 radical (unpaired) electrons. The minimum atomic E-state index is -0.761. The number of esters is 1. The van der Waals surface area contributed by atoms with E-state index in [1.165, 1.54) is 11.3 Å². The van der Waals surface area contributed by atoms with E-state index >= 15 is 0 Å². The fourth-order valence-corrected chi connectivity index (χ4v) is 3.52. The van der Waals surface area contributed by atoms with Crippen LogP contribution in [0.4, 0.5) is 0 Å². The minimum absolute atomic E-state index is 0.0862. The first-order valence-electron chi connectivity index (χ1n) is 7.10. The van der Waals surface area contributed by atoms with Crippen molar-refractivity contribution in [1.29, 1.82) is 0 Å². The van der Waals surface area contributed by atoms with E-state index in [0.717, 1.165) is 22.7 Å². The normalized spacial score (nSPS) is 15.3. The van der Waals surface area contributed by atoms with E-state index in [-0.39, 0.29) is 18.4 Å². The summed E-state index contributed by atoms with van der Waals surface area (Å²) >= 11 is 3.12. The van der Waals surface area contributed by atoms with Crippen molar-refractivity contribution in [3.8, 4) is 9.88 Å². The van der Waals surface area contributed by atoms with Crippen LogP contribution in [-0.2, 0) is 20.7 Å². The molecule has 7 heteroatoms. The topological polar surface area (TPSA) is 68.3 Å². The van der Waals surface area contributed by atoms with Crippen LogP contribution in [0.5, 0.6) is 0 Å². The molecule has 2 aromatic rings. The first-order valence-corrected chi connectivity index (χ1v) is 8.86. The second-order valence-corrected chi connectivity index (χ2v) is 7.02. The van der Waals surface area contributed by atoms with Crippen LogP contribution >= 0.6 is 22.7 Å². The molecule has 1 atom stereocenters. The van der Waals surface area contributed by atoms with E-state index in [4.69, 9.17) is 4.74 Å². The molecule has 1 N–H and O–H groups in total. The number of hydrogen-bond donors (Lipinski definition) is 1. The van der Waals surface area contributed by atoms with Gasteiger partial charge in [-0.1, -0.05) is 6.07 Å². The molecule has 1 aliphatic rings. The summed E-state index contributed by atoms with van der Waals surface area (Å²) < 4.78 is 5.16. The zero-order valence-electron chi connectivity index (χ0n) is 12.1. The number of ether oxygens (including phenoxy) is 1. The summed E-state index contributed by atoms with van der Waals surface area (Å²) in [6.07, 6.45) is 1.35. The first-order chi connectivity index (χ1) is 10.6. The molecule has 2 heterocycles. The second-order valence-electron chi connectivity index (χ2n) is 5.21.